The standard InChI is InChI=1S/C12H20N2/c1-11(2)10-14(13)9-8-12-6-4-3-5-7-12/h3-7,11H,8-10,13H2,1-2H3. The van der Waals surface area contributed by atoms with Crippen molar-refractivity contribution in [1.82, 2.24) is 5.01 Å². The van der Waals surface area contributed by atoms with Gasteiger partial charge < -0.3 is 0 Å². The van der Waals surface area contributed by atoms with Gasteiger partial charge in [0.2, 0.25) is 0 Å². The molecule has 2 heteroatoms. The lowest BCUT2D eigenvalue weighted by atomic mass is 10.1. The van der Waals surface area contributed by atoms with E-state index < -0.39 is 0 Å². The third-order valence-corrected chi connectivity index (χ3v) is 2.13. The third-order valence-electron chi connectivity index (χ3n) is 2.13. The average Bonchev–Trinajstić information content (AvgIpc) is 2.15. The van der Waals surface area contributed by atoms with Crippen LogP contribution in [0, 0.1) is 5.92 Å². The Morgan fingerprint density at radius 1 is 1.21 bits per heavy atom. The van der Waals surface area contributed by atoms with E-state index in [1.165, 1.54) is 5.56 Å². The van der Waals surface area contributed by atoms with Crippen molar-refractivity contribution in [3.05, 3.63) is 35.9 Å². The van der Waals surface area contributed by atoms with Gasteiger partial charge in [0.1, 0.15) is 0 Å². The largest absolute Gasteiger partial charge is 0.269 e. The SMILES string of the molecule is CC(C)CN(N)CCc1ccccc1. The first-order valence-electron chi connectivity index (χ1n) is 5.22. The maximum atomic E-state index is 5.86. The molecule has 0 radical (unpaired) electrons. The summed E-state index contributed by atoms with van der Waals surface area (Å²) in [7, 11) is 0. The molecule has 14 heavy (non-hydrogen) atoms. The van der Waals surface area contributed by atoms with Crippen LogP contribution in [-0.4, -0.2) is 18.1 Å². The summed E-state index contributed by atoms with van der Waals surface area (Å²) in [6, 6.07) is 10.5. The Kier molecular flexibility index (Phi) is 4.63. The van der Waals surface area contributed by atoms with Crippen molar-refractivity contribution in [2.45, 2.75) is 20.3 Å². The summed E-state index contributed by atoms with van der Waals surface area (Å²) in [5.41, 5.74) is 1.35. The van der Waals surface area contributed by atoms with Gasteiger partial charge in [0.15, 0.2) is 0 Å². The Balaban J connectivity index is 2.27. The van der Waals surface area contributed by atoms with Gasteiger partial charge in [0.25, 0.3) is 0 Å². The molecule has 0 saturated carbocycles. The number of nitrogens with two attached hydrogens (primary N) is 1. The molecule has 0 aromatic heterocycles. The van der Waals surface area contributed by atoms with Gasteiger partial charge in [-0.2, -0.15) is 0 Å². The normalized spacial score (nSPS) is 11.2. The molecule has 2 N–H and O–H groups in total. The van der Waals surface area contributed by atoms with Crippen LogP contribution in [0.2, 0.25) is 0 Å². The Bertz CT molecular complexity index is 244. The van der Waals surface area contributed by atoms with Gasteiger partial charge in [-0.25, -0.2) is 5.01 Å². The molecule has 0 bridgehead atoms. The predicted octanol–water partition coefficient (Wildman–Crippen LogP) is 2.06. The maximum Gasteiger partial charge on any atom is 0.0169 e. The van der Waals surface area contributed by atoms with Gasteiger partial charge in [-0.3, -0.25) is 5.84 Å². The second kappa shape index (κ2) is 5.78. The van der Waals surface area contributed by atoms with Crippen LogP contribution in [0.3, 0.4) is 0 Å². The van der Waals surface area contributed by atoms with Crippen molar-refractivity contribution >= 4 is 0 Å². The van der Waals surface area contributed by atoms with Crippen molar-refractivity contribution in [1.29, 1.82) is 0 Å². The van der Waals surface area contributed by atoms with Gasteiger partial charge >= 0.3 is 0 Å². The van der Waals surface area contributed by atoms with Crippen molar-refractivity contribution in [3.63, 3.8) is 0 Å². The molecular formula is C12H20N2. The summed E-state index contributed by atoms with van der Waals surface area (Å²) in [6.07, 6.45) is 1.03. The van der Waals surface area contributed by atoms with Gasteiger partial charge in [-0.05, 0) is 17.9 Å². The van der Waals surface area contributed by atoms with Crippen molar-refractivity contribution in [2.24, 2.45) is 11.8 Å². The maximum absolute atomic E-state index is 5.86. The van der Waals surface area contributed by atoms with E-state index in [4.69, 9.17) is 5.84 Å². The van der Waals surface area contributed by atoms with Gasteiger partial charge in [-0.15, -0.1) is 0 Å². The summed E-state index contributed by atoms with van der Waals surface area (Å²) in [5, 5.41) is 1.90. The van der Waals surface area contributed by atoms with E-state index in [-0.39, 0.29) is 0 Å². The molecule has 0 spiro atoms. The second-order valence-corrected chi connectivity index (χ2v) is 4.12. The molecule has 0 atom stereocenters. The molecule has 0 amide bonds. The second-order valence-electron chi connectivity index (χ2n) is 4.12. The number of hydrogen-bond donors (Lipinski definition) is 1. The Morgan fingerprint density at radius 2 is 1.86 bits per heavy atom. The van der Waals surface area contributed by atoms with Crippen LogP contribution < -0.4 is 5.84 Å². The zero-order valence-electron chi connectivity index (χ0n) is 9.11. The van der Waals surface area contributed by atoms with Gasteiger partial charge in [0.05, 0.1) is 0 Å². The molecule has 1 aromatic carbocycles. The minimum Gasteiger partial charge on any atom is -0.269 e. The van der Waals surface area contributed by atoms with Crippen molar-refractivity contribution in [2.75, 3.05) is 13.1 Å². The molecule has 0 saturated heterocycles. The first-order chi connectivity index (χ1) is 6.68. The lowest BCUT2D eigenvalue weighted by Gasteiger charge is -2.18. The van der Waals surface area contributed by atoms with Crippen LogP contribution in [-0.2, 0) is 6.42 Å². The van der Waals surface area contributed by atoms with Crippen LogP contribution in [0.1, 0.15) is 19.4 Å². The number of rotatable bonds is 5. The van der Waals surface area contributed by atoms with Crippen LogP contribution in [0.5, 0.6) is 0 Å². The summed E-state index contributed by atoms with van der Waals surface area (Å²) in [5.74, 6) is 6.49. The highest BCUT2D eigenvalue weighted by molar-refractivity contribution is 5.14. The summed E-state index contributed by atoms with van der Waals surface area (Å²) in [4.78, 5) is 0. The molecule has 1 aromatic rings. The molecular weight excluding hydrogens is 172 g/mol. The van der Waals surface area contributed by atoms with Gasteiger partial charge in [-0.1, -0.05) is 44.2 Å². The highest BCUT2D eigenvalue weighted by Gasteiger charge is 2.01. The monoisotopic (exact) mass is 192 g/mol. The van der Waals surface area contributed by atoms with E-state index in [1.807, 2.05) is 11.1 Å². The van der Waals surface area contributed by atoms with Crippen LogP contribution in [0.15, 0.2) is 30.3 Å². The zero-order valence-corrected chi connectivity index (χ0v) is 9.11. The van der Waals surface area contributed by atoms with Crippen LogP contribution in [0.25, 0.3) is 0 Å². The Morgan fingerprint density at radius 3 is 2.43 bits per heavy atom. The first-order valence-corrected chi connectivity index (χ1v) is 5.22. The highest BCUT2D eigenvalue weighted by Crippen LogP contribution is 2.01. The smallest absolute Gasteiger partial charge is 0.0169 e. The zero-order chi connectivity index (χ0) is 10.4. The topological polar surface area (TPSA) is 29.3 Å². The summed E-state index contributed by atoms with van der Waals surface area (Å²) >= 11 is 0. The van der Waals surface area contributed by atoms with E-state index >= 15 is 0 Å². The Hall–Kier alpha value is -0.860. The number of hydrogen-bond acceptors (Lipinski definition) is 2. The van der Waals surface area contributed by atoms with Crippen LogP contribution >= 0.6 is 0 Å². The van der Waals surface area contributed by atoms with E-state index in [0.717, 1.165) is 19.5 Å². The number of benzene rings is 1. The van der Waals surface area contributed by atoms with E-state index in [9.17, 15) is 0 Å². The Labute approximate surface area is 86.7 Å². The fourth-order valence-corrected chi connectivity index (χ4v) is 1.48. The first kappa shape index (κ1) is 11.2. The van der Waals surface area contributed by atoms with Gasteiger partial charge in [0, 0.05) is 13.1 Å². The average molecular weight is 192 g/mol. The summed E-state index contributed by atoms with van der Waals surface area (Å²) in [6.45, 7) is 6.26. The molecule has 0 aliphatic rings. The lowest BCUT2D eigenvalue weighted by Crippen LogP contribution is -2.36. The molecule has 0 fully saturated rings. The number of nitrogens with zero attached hydrogens (tertiary/aromatic N) is 1. The quantitative estimate of drug-likeness (QED) is 0.571. The van der Waals surface area contributed by atoms with E-state index in [1.54, 1.807) is 0 Å². The minimum absolute atomic E-state index is 0.635. The van der Waals surface area contributed by atoms with E-state index in [0.29, 0.717) is 5.92 Å². The lowest BCUT2D eigenvalue weighted by molar-refractivity contribution is 0.254. The molecule has 0 aliphatic carbocycles. The predicted molar refractivity (Wildman–Crippen MR) is 60.7 cm³/mol. The molecule has 78 valence electrons. The molecule has 0 heterocycles. The molecule has 0 aliphatic heterocycles. The fraction of sp³-hybridized carbons (Fsp3) is 0.500. The number of hydrazine groups is 1. The minimum atomic E-state index is 0.635. The fourth-order valence-electron chi connectivity index (χ4n) is 1.48. The molecule has 0 unspecified atom stereocenters. The van der Waals surface area contributed by atoms with E-state index in [2.05, 4.69) is 38.1 Å². The van der Waals surface area contributed by atoms with Crippen molar-refractivity contribution in [3.8, 4) is 0 Å². The molecule has 1 rings (SSSR count). The summed E-state index contributed by atoms with van der Waals surface area (Å²) < 4.78 is 0. The third kappa shape index (κ3) is 4.40. The van der Waals surface area contributed by atoms with Crippen molar-refractivity contribution < 1.29 is 0 Å². The highest BCUT2D eigenvalue weighted by atomic mass is 15.4. The molecule has 2 nitrogen and oxygen atoms in total. The van der Waals surface area contributed by atoms with Crippen LogP contribution in [0.4, 0.5) is 0 Å².